The lowest BCUT2D eigenvalue weighted by atomic mass is 9.96. The average molecular weight is 404 g/mol. The van der Waals surface area contributed by atoms with E-state index < -0.39 is 10.0 Å². The number of hydrogen-bond acceptors (Lipinski definition) is 5. The lowest BCUT2D eigenvalue weighted by Crippen LogP contribution is -2.47. The number of nitrogens with zero attached hydrogens (tertiary/aromatic N) is 1. The summed E-state index contributed by atoms with van der Waals surface area (Å²) < 4.78 is 37.9. The van der Waals surface area contributed by atoms with Crippen LogP contribution in [0.4, 0.5) is 5.69 Å². The Bertz CT molecular complexity index is 974. The van der Waals surface area contributed by atoms with Crippen LogP contribution >= 0.6 is 0 Å². The van der Waals surface area contributed by atoms with Crippen LogP contribution in [-0.2, 0) is 21.2 Å². The second kappa shape index (κ2) is 8.20. The number of aryl methyl sites for hydroxylation is 1. The molecule has 1 amide bonds. The highest BCUT2D eigenvalue weighted by Crippen LogP contribution is 2.31. The quantitative estimate of drug-likeness (QED) is 0.799. The zero-order chi connectivity index (χ0) is 20.3. The van der Waals surface area contributed by atoms with Crippen LogP contribution in [-0.4, -0.2) is 41.1 Å². The molecule has 0 saturated carbocycles. The van der Waals surface area contributed by atoms with Gasteiger partial charge in [0.15, 0.2) is 11.5 Å². The van der Waals surface area contributed by atoms with Gasteiger partial charge in [-0.3, -0.25) is 4.79 Å². The summed E-state index contributed by atoms with van der Waals surface area (Å²) in [6, 6.07) is 12.0. The number of rotatable bonds is 6. The third-order valence-electron chi connectivity index (χ3n) is 4.87. The van der Waals surface area contributed by atoms with Gasteiger partial charge in [-0.1, -0.05) is 18.2 Å². The molecule has 0 unspecified atom stereocenters. The number of benzene rings is 2. The Morgan fingerprint density at radius 2 is 1.86 bits per heavy atom. The number of anilines is 1. The van der Waals surface area contributed by atoms with Crippen LogP contribution in [0.25, 0.3) is 0 Å². The second-order valence-electron chi connectivity index (χ2n) is 6.62. The summed E-state index contributed by atoms with van der Waals surface area (Å²) in [5, 5.41) is 0. The molecule has 0 bridgehead atoms. The molecule has 28 heavy (non-hydrogen) atoms. The van der Waals surface area contributed by atoms with Gasteiger partial charge in [0.2, 0.25) is 15.9 Å². The number of carbonyl (C=O) groups is 1. The monoisotopic (exact) mass is 404 g/mol. The number of ether oxygens (including phenoxy) is 2. The molecule has 1 N–H and O–H groups in total. The van der Waals surface area contributed by atoms with E-state index in [1.54, 1.807) is 4.90 Å². The van der Waals surface area contributed by atoms with Gasteiger partial charge in [0.05, 0.1) is 25.7 Å². The van der Waals surface area contributed by atoms with Gasteiger partial charge in [-0.05, 0) is 43.5 Å². The van der Waals surface area contributed by atoms with Crippen LogP contribution in [0.3, 0.4) is 0 Å². The van der Waals surface area contributed by atoms with Crippen molar-refractivity contribution < 1.29 is 22.7 Å². The third-order valence-corrected chi connectivity index (χ3v) is 6.27. The summed E-state index contributed by atoms with van der Waals surface area (Å²) in [6.07, 6.45) is 1.74. The fourth-order valence-electron chi connectivity index (χ4n) is 3.38. The molecule has 0 aromatic heterocycles. The molecule has 1 aliphatic heterocycles. The first-order valence-corrected chi connectivity index (χ1v) is 10.5. The predicted molar refractivity (Wildman–Crippen MR) is 106 cm³/mol. The number of para-hydroxylation sites is 1. The fraction of sp³-hybridized carbons (Fsp3) is 0.350. The van der Waals surface area contributed by atoms with E-state index in [0.29, 0.717) is 11.5 Å². The van der Waals surface area contributed by atoms with Crippen molar-refractivity contribution in [2.45, 2.75) is 30.7 Å². The minimum absolute atomic E-state index is 0.00467. The van der Waals surface area contributed by atoms with Crippen LogP contribution < -0.4 is 19.1 Å². The zero-order valence-corrected chi connectivity index (χ0v) is 17.0. The van der Waals surface area contributed by atoms with E-state index in [2.05, 4.69) is 4.72 Å². The molecule has 7 nitrogen and oxygen atoms in total. The second-order valence-corrected chi connectivity index (χ2v) is 8.39. The van der Waals surface area contributed by atoms with Crippen molar-refractivity contribution in [3.05, 3.63) is 48.0 Å². The first-order chi connectivity index (χ1) is 13.4. The number of fused-ring (bicyclic) bond motifs is 1. The van der Waals surface area contributed by atoms with Crippen molar-refractivity contribution in [3.8, 4) is 11.5 Å². The summed E-state index contributed by atoms with van der Waals surface area (Å²) in [5.74, 6) is 0.440. The molecule has 0 radical (unpaired) electrons. The number of nitrogens with one attached hydrogen (secondary N) is 1. The van der Waals surface area contributed by atoms with Crippen molar-refractivity contribution in [1.82, 2.24) is 4.72 Å². The number of carbonyl (C=O) groups excluding carboxylic acids is 1. The van der Waals surface area contributed by atoms with E-state index >= 15 is 0 Å². The molecule has 3 rings (SSSR count). The summed E-state index contributed by atoms with van der Waals surface area (Å²) in [4.78, 5) is 14.5. The van der Waals surface area contributed by atoms with E-state index in [1.807, 2.05) is 31.2 Å². The van der Waals surface area contributed by atoms with Gasteiger partial charge in [0, 0.05) is 17.8 Å². The molecule has 1 aliphatic rings. The Morgan fingerprint density at radius 3 is 2.57 bits per heavy atom. The fourth-order valence-corrected chi connectivity index (χ4v) is 4.37. The maximum absolute atomic E-state index is 12.8. The van der Waals surface area contributed by atoms with E-state index in [1.165, 1.54) is 32.4 Å². The van der Waals surface area contributed by atoms with Crippen LogP contribution in [0.2, 0.25) is 0 Å². The zero-order valence-electron chi connectivity index (χ0n) is 16.1. The molecule has 0 aliphatic carbocycles. The Balaban J connectivity index is 1.77. The standard InChI is InChI=1S/C20H24N2O5S/c1-14-8-9-15-6-4-5-7-17(15)22(14)20(23)13-21-28(24,25)16-10-11-18(26-2)19(12-16)27-3/h4-7,10-12,14,21H,8-9,13H2,1-3H3/t14-/m0/s1. The summed E-state index contributed by atoms with van der Waals surface area (Å²) in [6.45, 7) is 1.64. The normalized spacial score (nSPS) is 16.4. The number of sulfonamides is 1. The minimum Gasteiger partial charge on any atom is -0.493 e. The Kier molecular flexibility index (Phi) is 5.90. The molecule has 2 aromatic rings. The van der Waals surface area contributed by atoms with E-state index in [-0.39, 0.29) is 23.4 Å². The van der Waals surface area contributed by atoms with Crippen molar-refractivity contribution in [3.63, 3.8) is 0 Å². The predicted octanol–water partition coefficient (Wildman–Crippen LogP) is 2.35. The van der Waals surface area contributed by atoms with Crippen molar-refractivity contribution >= 4 is 21.6 Å². The Morgan fingerprint density at radius 1 is 1.14 bits per heavy atom. The molecular weight excluding hydrogens is 380 g/mol. The Labute approximate surface area is 165 Å². The van der Waals surface area contributed by atoms with E-state index in [0.717, 1.165) is 24.1 Å². The molecule has 1 atom stereocenters. The highest BCUT2D eigenvalue weighted by atomic mass is 32.2. The summed E-state index contributed by atoms with van der Waals surface area (Å²) in [5.41, 5.74) is 1.94. The Hall–Kier alpha value is -2.58. The largest absolute Gasteiger partial charge is 0.493 e. The SMILES string of the molecule is COc1ccc(S(=O)(=O)NCC(=O)N2c3ccccc3CC[C@@H]2C)cc1OC. The lowest BCUT2D eigenvalue weighted by Gasteiger charge is -2.35. The minimum atomic E-state index is -3.88. The van der Waals surface area contributed by atoms with Gasteiger partial charge in [-0.25, -0.2) is 13.1 Å². The molecule has 0 fully saturated rings. The molecule has 2 aromatic carbocycles. The van der Waals surface area contributed by atoms with Crippen molar-refractivity contribution in [2.24, 2.45) is 0 Å². The van der Waals surface area contributed by atoms with Crippen LogP contribution in [0, 0.1) is 0 Å². The topological polar surface area (TPSA) is 84.9 Å². The maximum Gasteiger partial charge on any atom is 0.242 e. The first kappa shape index (κ1) is 20.2. The highest BCUT2D eigenvalue weighted by molar-refractivity contribution is 7.89. The smallest absolute Gasteiger partial charge is 0.242 e. The van der Waals surface area contributed by atoms with Crippen LogP contribution in [0.1, 0.15) is 18.9 Å². The van der Waals surface area contributed by atoms with Crippen molar-refractivity contribution in [1.29, 1.82) is 0 Å². The lowest BCUT2D eigenvalue weighted by molar-refractivity contribution is -0.118. The van der Waals surface area contributed by atoms with Gasteiger partial charge in [0.25, 0.3) is 0 Å². The van der Waals surface area contributed by atoms with Gasteiger partial charge < -0.3 is 14.4 Å². The van der Waals surface area contributed by atoms with E-state index in [9.17, 15) is 13.2 Å². The number of hydrogen-bond donors (Lipinski definition) is 1. The van der Waals surface area contributed by atoms with Gasteiger partial charge in [-0.2, -0.15) is 0 Å². The number of methoxy groups -OCH3 is 2. The van der Waals surface area contributed by atoms with Gasteiger partial charge in [-0.15, -0.1) is 0 Å². The van der Waals surface area contributed by atoms with E-state index in [4.69, 9.17) is 9.47 Å². The molecule has 1 heterocycles. The summed E-state index contributed by atoms with van der Waals surface area (Å²) >= 11 is 0. The van der Waals surface area contributed by atoms with Gasteiger partial charge >= 0.3 is 0 Å². The summed E-state index contributed by atoms with van der Waals surface area (Å²) in [7, 11) is -0.976. The number of amides is 1. The molecule has 0 saturated heterocycles. The van der Waals surface area contributed by atoms with Crippen LogP contribution in [0.5, 0.6) is 11.5 Å². The van der Waals surface area contributed by atoms with Crippen molar-refractivity contribution in [2.75, 3.05) is 25.7 Å². The third kappa shape index (κ3) is 3.98. The highest BCUT2D eigenvalue weighted by Gasteiger charge is 2.29. The molecule has 150 valence electrons. The average Bonchev–Trinajstić information content (AvgIpc) is 2.71. The van der Waals surface area contributed by atoms with Crippen LogP contribution in [0.15, 0.2) is 47.4 Å². The molecule has 0 spiro atoms. The molecule has 8 heteroatoms. The molecular formula is C20H24N2O5S. The van der Waals surface area contributed by atoms with Gasteiger partial charge in [0.1, 0.15) is 0 Å². The maximum atomic E-state index is 12.8. The first-order valence-electron chi connectivity index (χ1n) is 8.99.